The molecule has 2 aromatic carbocycles. The molecule has 0 fully saturated rings. The van der Waals surface area contributed by atoms with Gasteiger partial charge in [0.25, 0.3) is 5.91 Å². The van der Waals surface area contributed by atoms with Gasteiger partial charge in [-0.05, 0) is 42.0 Å². The summed E-state index contributed by atoms with van der Waals surface area (Å²) in [6, 6.07) is 8.71. The number of carbonyl (C=O) groups is 1. The van der Waals surface area contributed by atoms with Crippen molar-refractivity contribution in [3.05, 3.63) is 83.4 Å². The fourth-order valence-corrected chi connectivity index (χ4v) is 3.31. The fourth-order valence-electron chi connectivity index (χ4n) is 3.31. The van der Waals surface area contributed by atoms with Crippen LogP contribution in [0.15, 0.2) is 60.8 Å². The molecular weight excluding hydrogens is 532 g/mol. The topological polar surface area (TPSA) is 71.9 Å². The van der Waals surface area contributed by atoms with Gasteiger partial charge in [0.15, 0.2) is 17.6 Å². The van der Waals surface area contributed by atoms with E-state index in [0.29, 0.717) is 6.20 Å². The Labute approximate surface area is 210 Å². The van der Waals surface area contributed by atoms with Crippen LogP contribution in [0.4, 0.5) is 40.8 Å². The summed E-state index contributed by atoms with van der Waals surface area (Å²) in [5.74, 6) is -3.31. The van der Waals surface area contributed by atoms with Crippen molar-refractivity contribution in [3.63, 3.8) is 0 Å². The van der Waals surface area contributed by atoms with Gasteiger partial charge >= 0.3 is 19.4 Å². The van der Waals surface area contributed by atoms with Gasteiger partial charge in [0, 0.05) is 36.6 Å². The van der Waals surface area contributed by atoms with Crippen molar-refractivity contribution in [3.8, 4) is 11.5 Å². The third-order valence-electron chi connectivity index (χ3n) is 5.10. The number of hydrogen-bond donors (Lipinski definition) is 1. The highest BCUT2D eigenvalue weighted by molar-refractivity contribution is 5.97. The van der Waals surface area contributed by atoms with E-state index in [0.717, 1.165) is 59.5 Å². The maximum Gasteiger partial charge on any atom is 0.417 e. The molecule has 0 saturated heterocycles. The van der Waals surface area contributed by atoms with E-state index in [1.807, 2.05) is 0 Å². The Morgan fingerprint density at radius 1 is 0.921 bits per heavy atom. The van der Waals surface area contributed by atoms with Gasteiger partial charge in [-0.25, -0.2) is 4.39 Å². The first-order valence-electron chi connectivity index (χ1n) is 10.7. The SMILES string of the molecule is O=C(C(O)c1ccc(F)cc1)N(CCc1ccc(C(F)(F)F)cn1)c1ccc(OC(F)F)c(OC(F)F)c1. The number of rotatable bonds is 10. The number of nitrogens with zero attached hydrogens (tertiary/aromatic N) is 2. The van der Waals surface area contributed by atoms with Crippen LogP contribution in [-0.4, -0.2) is 35.8 Å². The predicted octanol–water partition coefficient (Wildman–Crippen LogP) is 5.75. The van der Waals surface area contributed by atoms with Crippen LogP contribution in [0.1, 0.15) is 22.9 Å². The van der Waals surface area contributed by atoms with Crippen LogP contribution < -0.4 is 14.4 Å². The number of ether oxygens (including phenoxy) is 2. The molecule has 14 heteroatoms. The third kappa shape index (κ3) is 7.54. The van der Waals surface area contributed by atoms with E-state index >= 15 is 0 Å². The van der Waals surface area contributed by atoms with Crippen LogP contribution in [0.25, 0.3) is 0 Å². The number of aliphatic hydroxyl groups excluding tert-OH is 1. The van der Waals surface area contributed by atoms with Crippen LogP contribution in [0, 0.1) is 5.82 Å². The minimum absolute atomic E-state index is 0.0317. The molecule has 204 valence electrons. The number of aromatic nitrogens is 1. The second kappa shape index (κ2) is 12.1. The number of anilines is 1. The van der Waals surface area contributed by atoms with E-state index in [4.69, 9.17) is 0 Å². The van der Waals surface area contributed by atoms with Crippen molar-refractivity contribution >= 4 is 11.6 Å². The molecule has 0 bridgehead atoms. The molecule has 0 aliphatic rings. The Morgan fingerprint density at radius 2 is 1.55 bits per heavy atom. The average Bonchev–Trinajstić information content (AvgIpc) is 2.84. The van der Waals surface area contributed by atoms with E-state index < -0.39 is 54.3 Å². The number of hydrogen-bond acceptors (Lipinski definition) is 5. The second-order valence-electron chi connectivity index (χ2n) is 7.62. The van der Waals surface area contributed by atoms with Gasteiger partial charge in [0.1, 0.15) is 5.82 Å². The molecule has 1 heterocycles. The predicted molar refractivity (Wildman–Crippen MR) is 116 cm³/mol. The summed E-state index contributed by atoms with van der Waals surface area (Å²) in [4.78, 5) is 17.8. The molecule has 1 atom stereocenters. The minimum atomic E-state index is -4.63. The summed E-state index contributed by atoms with van der Waals surface area (Å²) in [6.07, 6.45) is -6.09. The number of benzene rings is 2. The molecule has 0 aliphatic heterocycles. The Bertz CT molecular complexity index is 1220. The summed E-state index contributed by atoms with van der Waals surface area (Å²) in [5, 5.41) is 10.6. The maximum absolute atomic E-state index is 13.3. The summed E-state index contributed by atoms with van der Waals surface area (Å²) in [5.41, 5.74) is -1.14. The van der Waals surface area contributed by atoms with Crippen molar-refractivity contribution in [2.45, 2.75) is 31.9 Å². The minimum Gasteiger partial charge on any atom is -0.431 e. The van der Waals surface area contributed by atoms with E-state index in [2.05, 4.69) is 14.5 Å². The molecule has 6 nitrogen and oxygen atoms in total. The Kier molecular flexibility index (Phi) is 9.09. The first kappa shape index (κ1) is 28.6. The van der Waals surface area contributed by atoms with Crippen molar-refractivity contribution in [2.24, 2.45) is 0 Å². The van der Waals surface area contributed by atoms with Crippen molar-refractivity contribution in [2.75, 3.05) is 11.4 Å². The van der Waals surface area contributed by atoms with E-state index in [1.54, 1.807) is 0 Å². The Balaban J connectivity index is 1.95. The Morgan fingerprint density at radius 3 is 2.11 bits per heavy atom. The lowest BCUT2D eigenvalue weighted by Gasteiger charge is -2.26. The molecule has 1 N–H and O–H groups in total. The summed E-state index contributed by atoms with van der Waals surface area (Å²) in [6.45, 7) is -7.18. The summed E-state index contributed by atoms with van der Waals surface area (Å²) < 4.78 is 111. The fraction of sp³-hybridized carbons (Fsp3) is 0.250. The number of pyridine rings is 1. The molecule has 1 aromatic heterocycles. The van der Waals surface area contributed by atoms with Crippen LogP contribution >= 0.6 is 0 Å². The summed E-state index contributed by atoms with van der Waals surface area (Å²) in [7, 11) is 0. The number of aliphatic hydroxyl groups is 1. The number of amides is 1. The van der Waals surface area contributed by atoms with Crippen molar-refractivity contribution in [1.82, 2.24) is 4.98 Å². The van der Waals surface area contributed by atoms with Gasteiger partial charge in [-0.1, -0.05) is 12.1 Å². The number of carbonyl (C=O) groups excluding carboxylic acids is 1. The number of alkyl halides is 7. The summed E-state index contributed by atoms with van der Waals surface area (Å²) >= 11 is 0. The highest BCUT2D eigenvalue weighted by atomic mass is 19.4. The first-order valence-corrected chi connectivity index (χ1v) is 10.7. The monoisotopic (exact) mass is 550 g/mol. The highest BCUT2D eigenvalue weighted by Crippen LogP contribution is 2.35. The van der Waals surface area contributed by atoms with E-state index in [1.165, 1.54) is 0 Å². The van der Waals surface area contributed by atoms with Crippen LogP contribution in [0.3, 0.4) is 0 Å². The molecule has 1 unspecified atom stereocenters. The average molecular weight is 550 g/mol. The zero-order valence-electron chi connectivity index (χ0n) is 19.0. The molecule has 1 amide bonds. The van der Waals surface area contributed by atoms with Gasteiger partial charge in [-0.2, -0.15) is 30.7 Å². The van der Waals surface area contributed by atoms with Crippen LogP contribution in [0.2, 0.25) is 0 Å². The number of halogens is 8. The first-order chi connectivity index (χ1) is 17.8. The largest absolute Gasteiger partial charge is 0.431 e. The lowest BCUT2D eigenvalue weighted by atomic mass is 10.1. The molecule has 3 rings (SSSR count). The zero-order valence-corrected chi connectivity index (χ0v) is 19.0. The third-order valence-corrected chi connectivity index (χ3v) is 5.10. The molecule has 0 radical (unpaired) electrons. The van der Waals surface area contributed by atoms with Crippen LogP contribution in [0.5, 0.6) is 11.5 Å². The van der Waals surface area contributed by atoms with Gasteiger partial charge < -0.3 is 19.5 Å². The van der Waals surface area contributed by atoms with E-state index in [9.17, 15) is 45.0 Å². The lowest BCUT2D eigenvalue weighted by molar-refractivity contribution is -0.137. The standard InChI is InChI=1S/C24H18F8N2O4/c25-15-4-1-13(2-5-15)20(35)21(36)34(10-9-16-6-3-14(12-33-16)24(30,31)32)17-7-8-18(37-22(26)27)19(11-17)38-23(28)29/h1-8,11-12,20,22-23,35H,9-10H2. The molecule has 38 heavy (non-hydrogen) atoms. The molecule has 3 aromatic rings. The quantitative estimate of drug-likeness (QED) is 0.326. The van der Waals surface area contributed by atoms with Gasteiger partial charge in [0.05, 0.1) is 5.56 Å². The smallest absolute Gasteiger partial charge is 0.417 e. The van der Waals surface area contributed by atoms with Crippen LogP contribution in [-0.2, 0) is 17.4 Å². The molecule has 0 saturated carbocycles. The molecular formula is C24H18F8N2O4. The molecule has 0 aliphatic carbocycles. The second-order valence-corrected chi connectivity index (χ2v) is 7.62. The molecule has 0 spiro atoms. The maximum atomic E-state index is 13.3. The van der Waals surface area contributed by atoms with Gasteiger partial charge in [-0.3, -0.25) is 9.78 Å². The van der Waals surface area contributed by atoms with E-state index in [-0.39, 0.29) is 29.9 Å². The van der Waals surface area contributed by atoms with Gasteiger partial charge in [0.2, 0.25) is 0 Å². The highest BCUT2D eigenvalue weighted by Gasteiger charge is 2.31. The van der Waals surface area contributed by atoms with Crippen molar-refractivity contribution < 1.29 is 54.5 Å². The Hall–Kier alpha value is -3.94. The van der Waals surface area contributed by atoms with Crippen molar-refractivity contribution in [1.29, 1.82) is 0 Å². The lowest BCUT2D eigenvalue weighted by Crippen LogP contribution is -2.37. The van der Waals surface area contributed by atoms with Gasteiger partial charge in [-0.15, -0.1) is 0 Å². The zero-order chi connectivity index (χ0) is 28.0. The normalized spacial score (nSPS) is 12.5.